The summed E-state index contributed by atoms with van der Waals surface area (Å²) >= 11 is 0. The number of hydrogen-bond donors (Lipinski definition) is 4. The van der Waals surface area contributed by atoms with Crippen LogP contribution in [-0.2, 0) is 25.8 Å². The lowest BCUT2D eigenvalue weighted by Crippen LogP contribution is -2.14. The van der Waals surface area contributed by atoms with Gasteiger partial charge in [0, 0.05) is 28.9 Å². The first-order valence-electron chi connectivity index (χ1n) is 14.8. The number of fused-ring (bicyclic) bond motifs is 3. The van der Waals surface area contributed by atoms with Gasteiger partial charge in [0.2, 0.25) is 0 Å². The molecule has 41 heavy (non-hydrogen) atoms. The van der Waals surface area contributed by atoms with Gasteiger partial charge in [-0.3, -0.25) is 0 Å². The number of H-pyrrole nitrogens is 2. The molecule has 1 aliphatic carbocycles. The van der Waals surface area contributed by atoms with Crippen molar-refractivity contribution in [3.63, 3.8) is 0 Å². The number of alkyl halides is 3. The van der Waals surface area contributed by atoms with Crippen LogP contribution >= 0.6 is 0 Å². The van der Waals surface area contributed by atoms with E-state index in [2.05, 4.69) is 50.7 Å². The van der Waals surface area contributed by atoms with Crippen LogP contribution in [0.3, 0.4) is 0 Å². The predicted octanol–water partition coefficient (Wildman–Crippen LogP) is 7.04. The fourth-order valence-corrected chi connectivity index (χ4v) is 6.02. The van der Waals surface area contributed by atoms with Gasteiger partial charge in [-0.15, -0.1) is 0 Å². The van der Waals surface area contributed by atoms with E-state index in [1.165, 1.54) is 23.2 Å². The number of aryl methyl sites for hydroxylation is 3. The summed E-state index contributed by atoms with van der Waals surface area (Å²) in [5.41, 5.74) is 8.93. The second-order valence-corrected chi connectivity index (χ2v) is 11.2. The zero-order valence-corrected chi connectivity index (χ0v) is 23.4. The third kappa shape index (κ3) is 6.26. The average Bonchev–Trinajstić information content (AvgIpc) is 3.71. The summed E-state index contributed by atoms with van der Waals surface area (Å²) in [4.78, 5) is 16.5. The molecule has 4 aromatic rings. The van der Waals surface area contributed by atoms with E-state index in [1.807, 2.05) is 24.3 Å². The van der Waals surface area contributed by atoms with Crippen LogP contribution in [0.1, 0.15) is 73.7 Å². The maximum Gasteiger partial charge on any atom is 0.389 e. The lowest BCUT2D eigenvalue weighted by atomic mass is 9.95. The van der Waals surface area contributed by atoms with Crippen LogP contribution in [0.2, 0.25) is 0 Å². The number of imidazole rings is 2. The lowest BCUT2D eigenvalue weighted by Gasteiger charge is -2.11. The molecule has 0 unspecified atom stereocenters. The largest absolute Gasteiger partial charge is 0.389 e. The zero-order chi connectivity index (χ0) is 28.4. The fraction of sp³-hybridized carbons (Fsp3) is 0.438. The van der Waals surface area contributed by atoms with Crippen LogP contribution in [0.4, 0.5) is 13.2 Å². The van der Waals surface area contributed by atoms with E-state index < -0.39 is 12.6 Å². The summed E-state index contributed by atoms with van der Waals surface area (Å²) in [6.45, 7) is 4.43. The Kier molecular flexibility index (Phi) is 7.99. The molecule has 0 bridgehead atoms. The number of nitrogens with zero attached hydrogens (tertiary/aromatic N) is 2. The van der Waals surface area contributed by atoms with Crippen LogP contribution in [0, 0.1) is 0 Å². The van der Waals surface area contributed by atoms with Gasteiger partial charge in [-0.05, 0) is 74.7 Å². The Labute approximate surface area is 238 Å². The number of aromatic nitrogens is 4. The second kappa shape index (κ2) is 11.8. The Morgan fingerprint density at radius 1 is 0.927 bits per heavy atom. The van der Waals surface area contributed by atoms with E-state index in [1.54, 1.807) is 0 Å². The summed E-state index contributed by atoms with van der Waals surface area (Å²) in [5, 5.41) is 6.82. The maximum absolute atomic E-state index is 13.0. The molecule has 1 aliphatic heterocycles. The molecule has 1 saturated heterocycles. The van der Waals surface area contributed by atoms with Gasteiger partial charge in [-0.25, -0.2) is 9.97 Å². The zero-order valence-electron chi connectivity index (χ0n) is 23.4. The summed E-state index contributed by atoms with van der Waals surface area (Å²) in [6, 6.07) is 14.9. The monoisotopic (exact) mass is 562 g/mol. The smallest absolute Gasteiger partial charge is 0.344 e. The van der Waals surface area contributed by atoms with Crippen LogP contribution < -0.4 is 10.6 Å². The van der Waals surface area contributed by atoms with Gasteiger partial charge >= 0.3 is 6.18 Å². The molecular weight excluding hydrogens is 525 g/mol. The maximum atomic E-state index is 13.0. The highest BCUT2D eigenvalue weighted by Gasteiger charge is 2.28. The molecule has 2 aromatic carbocycles. The average molecular weight is 563 g/mol. The van der Waals surface area contributed by atoms with Crippen molar-refractivity contribution in [2.75, 3.05) is 13.1 Å². The molecule has 0 amide bonds. The quantitative estimate of drug-likeness (QED) is 0.165. The van der Waals surface area contributed by atoms with E-state index in [0.717, 1.165) is 73.4 Å². The van der Waals surface area contributed by atoms with Gasteiger partial charge < -0.3 is 20.6 Å². The van der Waals surface area contributed by atoms with Crippen molar-refractivity contribution in [1.29, 1.82) is 0 Å². The minimum absolute atomic E-state index is 0.125. The number of rotatable bonds is 9. The first-order valence-corrected chi connectivity index (χ1v) is 14.8. The lowest BCUT2D eigenvalue weighted by molar-refractivity contribution is -0.134. The molecule has 3 heterocycles. The highest BCUT2D eigenvalue weighted by molar-refractivity contribution is 5.75. The Bertz CT molecular complexity index is 1480. The van der Waals surface area contributed by atoms with Crippen molar-refractivity contribution in [3.8, 4) is 33.6 Å². The molecule has 2 aromatic heterocycles. The van der Waals surface area contributed by atoms with Crippen molar-refractivity contribution in [3.05, 3.63) is 71.1 Å². The predicted molar refractivity (Wildman–Crippen MR) is 155 cm³/mol. The molecule has 2 aliphatic rings. The Hall–Kier alpha value is -3.43. The third-order valence-electron chi connectivity index (χ3n) is 8.12. The summed E-state index contributed by atoms with van der Waals surface area (Å²) in [5.74, 6) is 1.71. The van der Waals surface area contributed by atoms with E-state index in [-0.39, 0.29) is 6.42 Å². The Balaban J connectivity index is 1.25. The molecule has 6 rings (SSSR count). The van der Waals surface area contributed by atoms with Gasteiger partial charge in [0.05, 0.1) is 24.0 Å². The molecular formula is C32H37F3N6. The third-order valence-corrected chi connectivity index (χ3v) is 8.12. The molecule has 0 radical (unpaired) electrons. The van der Waals surface area contributed by atoms with Gasteiger partial charge in [-0.1, -0.05) is 49.4 Å². The van der Waals surface area contributed by atoms with Crippen LogP contribution in [0.5, 0.6) is 0 Å². The number of aromatic amines is 2. The number of hydrogen-bond acceptors (Lipinski definition) is 4. The molecule has 0 spiro atoms. The van der Waals surface area contributed by atoms with E-state index in [0.29, 0.717) is 29.8 Å². The summed E-state index contributed by atoms with van der Waals surface area (Å²) in [6.07, 6.45) is 1.10. The normalized spacial score (nSPS) is 16.9. The van der Waals surface area contributed by atoms with E-state index in [9.17, 15) is 13.2 Å². The number of benzene rings is 2. The van der Waals surface area contributed by atoms with Crippen molar-refractivity contribution >= 4 is 0 Å². The second-order valence-electron chi connectivity index (χ2n) is 11.2. The standard InChI is InChI=1S/C32H37F3N6/c1-2-16-36-19-28-38-26(14-15-32(33,34)35)29(40-28)21-10-8-20(9-11-21)22-12-13-24-23(18-22)5-3-6-25-30(24)41-31(39-25)27-7-4-17-37-27/h8-13,18,27,36-37H,2-7,14-17,19H2,1H3,(H,38,40)(H,39,41)/t27-/m0/s1. The molecule has 216 valence electrons. The van der Waals surface area contributed by atoms with Gasteiger partial charge in [0.15, 0.2) is 0 Å². The highest BCUT2D eigenvalue weighted by Crippen LogP contribution is 2.36. The van der Waals surface area contributed by atoms with Crippen molar-refractivity contribution in [2.24, 2.45) is 0 Å². The van der Waals surface area contributed by atoms with Crippen molar-refractivity contribution in [2.45, 2.75) is 77.1 Å². The minimum Gasteiger partial charge on any atom is -0.344 e. The molecule has 1 fully saturated rings. The number of nitrogens with one attached hydrogen (secondary N) is 4. The van der Waals surface area contributed by atoms with Gasteiger partial charge in [0.25, 0.3) is 0 Å². The Morgan fingerprint density at radius 3 is 2.49 bits per heavy atom. The molecule has 6 nitrogen and oxygen atoms in total. The van der Waals surface area contributed by atoms with E-state index in [4.69, 9.17) is 4.98 Å². The summed E-state index contributed by atoms with van der Waals surface area (Å²) < 4.78 is 39.0. The van der Waals surface area contributed by atoms with Crippen molar-refractivity contribution < 1.29 is 13.2 Å². The van der Waals surface area contributed by atoms with E-state index >= 15 is 0 Å². The molecule has 0 saturated carbocycles. The van der Waals surface area contributed by atoms with Crippen LogP contribution in [0.25, 0.3) is 33.6 Å². The molecule has 9 heteroatoms. The first kappa shape index (κ1) is 27.7. The van der Waals surface area contributed by atoms with Gasteiger partial charge in [-0.2, -0.15) is 13.2 Å². The number of halogens is 3. The SMILES string of the molecule is CCCNCc1nc(-c2ccc(-c3ccc4c(c3)CCCc3[nH]c([C@@H]5CCCN5)nc3-4)cc2)c(CCC(F)(F)F)[nH]1. The van der Waals surface area contributed by atoms with Crippen LogP contribution in [-0.4, -0.2) is 39.2 Å². The minimum atomic E-state index is -4.22. The highest BCUT2D eigenvalue weighted by atomic mass is 19.4. The van der Waals surface area contributed by atoms with Crippen molar-refractivity contribution in [1.82, 2.24) is 30.6 Å². The topological polar surface area (TPSA) is 81.4 Å². The molecule has 1 atom stereocenters. The summed E-state index contributed by atoms with van der Waals surface area (Å²) in [7, 11) is 0. The first-order chi connectivity index (χ1) is 19.9. The Morgan fingerprint density at radius 2 is 1.73 bits per heavy atom. The van der Waals surface area contributed by atoms with Crippen LogP contribution in [0.15, 0.2) is 42.5 Å². The fourth-order valence-electron chi connectivity index (χ4n) is 6.02. The molecule has 4 N–H and O–H groups in total. The van der Waals surface area contributed by atoms with Gasteiger partial charge in [0.1, 0.15) is 11.6 Å².